The number of nitrogens with zero attached hydrogens (tertiary/aromatic N) is 1. The highest BCUT2D eigenvalue weighted by molar-refractivity contribution is 5.07. The van der Waals surface area contributed by atoms with Crippen LogP contribution in [-0.2, 0) is 6.42 Å². The van der Waals surface area contributed by atoms with Crippen molar-refractivity contribution in [3.05, 3.63) is 30.1 Å². The van der Waals surface area contributed by atoms with Gasteiger partial charge in [0.1, 0.15) is 0 Å². The fourth-order valence-electron chi connectivity index (χ4n) is 3.40. The molecule has 4 unspecified atom stereocenters. The van der Waals surface area contributed by atoms with Gasteiger partial charge in [0.2, 0.25) is 0 Å². The molecular weight excluding hydrogens is 186 g/mol. The fourth-order valence-corrected chi connectivity index (χ4v) is 3.40. The van der Waals surface area contributed by atoms with Crippen molar-refractivity contribution in [1.82, 2.24) is 4.98 Å². The lowest BCUT2D eigenvalue weighted by atomic mass is 9.84. The van der Waals surface area contributed by atoms with E-state index in [2.05, 4.69) is 17.1 Å². The molecule has 3 rings (SSSR count). The SMILES string of the molecule is OC1CC2CC1CC2Cc1ccccn1. The Hall–Kier alpha value is -0.890. The molecule has 0 aromatic carbocycles. The predicted molar refractivity (Wildman–Crippen MR) is 58.3 cm³/mol. The van der Waals surface area contributed by atoms with E-state index in [1.807, 2.05) is 12.3 Å². The van der Waals surface area contributed by atoms with Crippen LogP contribution in [0.25, 0.3) is 0 Å². The van der Waals surface area contributed by atoms with Crippen molar-refractivity contribution in [2.45, 2.75) is 31.8 Å². The average molecular weight is 203 g/mol. The molecule has 15 heavy (non-hydrogen) atoms. The maximum absolute atomic E-state index is 9.69. The van der Waals surface area contributed by atoms with E-state index in [4.69, 9.17) is 0 Å². The zero-order valence-electron chi connectivity index (χ0n) is 8.84. The zero-order valence-corrected chi connectivity index (χ0v) is 8.84. The standard InChI is InChI=1S/C13H17NO/c15-13-8-10-6-11(13)5-9(10)7-12-3-1-2-4-14-12/h1-4,9-11,13,15H,5-8H2. The summed E-state index contributed by atoms with van der Waals surface area (Å²) >= 11 is 0. The van der Waals surface area contributed by atoms with Crippen molar-refractivity contribution < 1.29 is 5.11 Å². The van der Waals surface area contributed by atoms with Crippen LogP contribution in [-0.4, -0.2) is 16.2 Å². The number of aliphatic hydroxyl groups excluding tert-OH is 1. The molecule has 4 atom stereocenters. The molecule has 2 fully saturated rings. The third-order valence-corrected chi connectivity index (χ3v) is 4.16. The van der Waals surface area contributed by atoms with E-state index in [0.29, 0.717) is 5.92 Å². The quantitative estimate of drug-likeness (QED) is 0.797. The Balaban J connectivity index is 1.67. The third kappa shape index (κ3) is 1.67. The Kier molecular flexibility index (Phi) is 2.24. The van der Waals surface area contributed by atoms with Crippen LogP contribution in [0.5, 0.6) is 0 Å². The van der Waals surface area contributed by atoms with Crippen LogP contribution in [0.4, 0.5) is 0 Å². The van der Waals surface area contributed by atoms with Crippen LogP contribution in [0.15, 0.2) is 24.4 Å². The van der Waals surface area contributed by atoms with Gasteiger partial charge in [0.05, 0.1) is 6.10 Å². The van der Waals surface area contributed by atoms with Gasteiger partial charge in [-0.05, 0) is 55.6 Å². The molecule has 1 aromatic heterocycles. The Bertz CT molecular complexity index is 336. The van der Waals surface area contributed by atoms with Gasteiger partial charge in [0, 0.05) is 11.9 Å². The van der Waals surface area contributed by atoms with Crippen molar-refractivity contribution in [1.29, 1.82) is 0 Å². The summed E-state index contributed by atoms with van der Waals surface area (Å²) in [5.41, 5.74) is 1.21. The summed E-state index contributed by atoms with van der Waals surface area (Å²) in [6.45, 7) is 0. The molecule has 2 aliphatic rings. The van der Waals surface area contributed by atoms with Crippen LogP contribution < -0.4 is 0 Å². The molecule has 1 N–H and O–H groups in total. The van der Waals surface area contributed by atoms with E-state index in [1.54, 1.807) is 0 Å². The van der Waals surface area contributed by atoms with Crippen molar-refractivity contribution in [3.63, 3.8) is 0 Å². The number of hydrogen-bond donors (Lipinski definition) is 1. The van der Waals surface area contributed by atoms with Gasteiger partial charge in [-0.15, -0.1) is 0 Å². The lowest BCUT2D eigenvalue weighted by Crippen LogP contribution is -2.23. The van der Waals surface area contributed by atoms with Crippen molar-refractivity contribution in [3.8, 4) is 0 Å². The molecule has 2 saturated carbocycles. The minimum atomic E-state index is -0.00465. The highest BCUT2D eigenvalue weighted by Gasteiger charge is 2.44. The zero-order chi connectivity index (χ0) is 10.3. The molecule has 2 heteroatoms. The Morgan fingerprint density at radius 1 is 1.20 bits per heavy atom. The van der Waals surface area contributed by atoms with Gasteiger partial charge >= 0.3 is 0 Å². The van der Waals surface area contributed by atoms with Crippen molar-refractivity contribution in [2.24, 2.45) is 17.8 Å². The summed E-state index contributed by atoms with van der Waals surface area (Å²) in [6, 6.07) is 6.14. The monoisotopic (exact) mass is 203 g/mol. The summed E-state index contributed by atoms with van der Waals surface area (Å²) in [5, 5.41) is 9.69. The second kappa shape index (κ2) is 3.60. The summed E-state index contributed by atoms with van der Waals surface area (Å²) in [5.74, 6) is 2.11. The van der Waals surface area contributed by atoms with E-state index >= 15 is 0 Å². The van der Waals surface area contributed by atoms with E-state index in [9.17, 15) is 5.11 Å². The number of rotatable bonds is 2. The minimum absolute atomic E-state index is 0.00465. The Labute approximate surface area is 90.4 Å². The van der Waals surface area contributed by atoms with Crippen LogP contribution in [0, 0.1) is 17.8 Å². The van der Waals surface area contributed by atoms with Crippen LogP contribution in [0.2, 0.25) is 0 Å². The summed E-state index contributed by atoms with van der Waals surface area (Å²) < 4.78 is 0. The van der Waals surface area contributed by atoms with Gasteiger partial charge in [-0.2, -0.15) is 0 Å². The van der Waals surface area contributed by atoms with Gasteiger partial charge < -0.3 is 5.11 Å². The molecule has 1 heterocycles. The molecule has 0 saturated heterocycles. The second-order valence-electron chi connectivity index (χ2n) is 5.08. The lowest BCUT2D eigenvalue weighted by Gasteiger charge is -2.24. The topological polar surface area (TPSA) is 33.1 Å². The van der Waals surface area contributed by atoms with E-state index < -0.39 is 0 Å². The lowest BCUT2D eigenvalue weighted by molar-refractivity contribution is 0.0949. The number of fused-ring (bicyclic) bond motifs is 2. The molecule has 0 amide bonds. The van der Waals surface area contributed by atoms with Crippen molar-refractivity contribution >= 4 is 0 Å². The molecule has 2 aliphatic carbocycles. The normalized spacial score (nSPS) is 38.5. The number of hydrogen-bond acceptors (Lipinski definition) is 2. The predicted octanol–water partition coefficient (Wildman–Crippen LogP) is 2.03. The minimum Gasteiger partial charge on any atom is -0.393 e. The fraction of sp³-hybridized carbons (Fsp3) is 0.615. The maximum Gasteiger partial charge on any atom is 0.0571 e. The van der Waals surface area contributed by atoms with Crippen molar-refractivity contribution in [2.75, 3.05) is 0 Å². The first-order chi connectivity index (χ1) is 7.33. The Morgan fingerprint density at radius 3 is 2.73 bits per heavy atom. The molecule has 0 radical (unpaired) electrons. The third-order valence-electron chi connectivity index (χ3n) is 4.16. The van der Waals surface area contributed by atoms with Crippen LogP contribution in [0.1, 0.15) is 25.0 Å². The van der Waals surface area contributed by atoms with E-state index in [-0.39, 0.29) is 6.10 Å². The Morgan fingerprint density at radius 2 is 2.13 bits per heavy atom. The van der Waals surface area contributed by atoms with E-state index in [0.717, 1.165) is 24.7 Å². The summed E-state index contributed by atoms with van der Waals surface area (Å²) in [6.07, 6.45) is 6.46. The number of pyridine rings is 1. The molecule has 1 aromatic rings. The molecule has 2 nitrogen and oxygen atoms in total. The average Bonchev–Trinajstić information content (AvgIpc) is 2.78. The van der Waals surface area contributed by atoms with Gasteiger partial charge in [-0.1, -0.05) is 6.07 Å². The maximum atomic E-state index is 9.69. The second-order valence-corrected chi connectivity index (χ2v) is 5.08. The molecular formula is C13H17NO. The smallest absolute Gasteiger partial charge is 0.0571 e. The van der Waals surface area contributed by atoms with Crippen LogP contribution >= 0.6 is 0 Å². The van der Waals surface area contributed by atoms with Gasteiger partial charge in [0.15, 0.2) is 0 Å². The first kappa shape index (κ1) is 9.34. The highest BCUT2D eigenvalue weighted by Crippen LogP contribution is 2.49. The molecule has 0 spiro atoms. The molecule has 0 aliphatic heterocycles. The first-order valence-corrected chi connectivity index (χ1v) is 5.91. The van der Waals surface area contributed by atoms with Gasteiger partial charge in [-0.25, -0.2) is 0 Å². The largest absolute Gasteiger partial charge is 0.393 e. The molecule has 80 valence electrons. The number of aliphatic hydroxyl groups is 1. The van der Waals surface area contributed by atoms with Gasteiger partial charge in [0.25, 0.3) is 0 Å². The molecule has 2 bridgehead atoms. The summed E-state index contributed by atoms with van der Waals surface area (Å²) in [4.78, 5) is 4.38. The van der Waals surface area contributed by atoms with Gasteiger partial charge in [-0.3, -0.25) is 4.98 Å². The van der Waals surface area contributed by atoms with E-state index in [1.165, 1.54) is 18.5 Å². The number of aromatic nitrogens is 1. The van der Waals surface area contributed by atoms with Crippen LogP contribution in [0.3, 0.4) is 0 Å². The summed E-state index contributed by atoms with van der Waals surface area (Å²) in [7, 11) is 0. The highest BCUT2D eigenvalue weighted by atomic mass is 16.3. The first-order valence-electron chi connectivity index (χ1n) is 5.91.